The fourth-order valence-electron chi connectivity index (χ4n) is 2.90. The standard InChI is InChI=1S/C14H24N4O2/c1-3-18-13(12(15)10(2)16-18)14(20)17-8-5-4-6-11(17)7-9-19/h11,19H,3-9,15H2,1-2H3. The minimum Gasteiger partial charge on any atom is -0.396 e. The quantitative estimate of drug-likeness (QED) is 0.867. The summed E-state index contributed by atoms with van der Waals surface area (Å²) in [4.78, 5) is 14.7. The molecule has 1 saturated heterocycles. The van der Waals surface area contributed by atoms with E-state index in [0.717, 1.165) is 25.8 Å². The van der Waals surface area contributed by atoms with Gasteiger partial charge in [0.15, 0.2) is 0 Å². The Morgan fingerprint density at radius 1 is 1.50 bits per heavy atom. The monoisotopic (exact) mass is 280 g/mol. The van der Waals surface area contributed by atoms with Crippen molar-refractivity contribution in [3.05, 3.63) is 11.4 Å². The maximum absolute atomic E-state index is 12.8. The molecular weight excluding hydrogens is 256 g/mol. The summed E-state index contributed by atoms with van der Waals surface area (Å²) in [6.45, 7) is 5.23. The molecule has 3 N–H and O–H groups in total. The molecule has 2 heterocycles. The van der Waals surface area contributed by atoms with Crippen LogP contribution in [-0.2, 0) is 6.54 Å². The first-order valence-corrected chi connectivity index (χ1v) is 7.34. The minimum atomic E-state index is -0.0527. The van der Waals surface area contributed by atoms with Crippen LogP contribution in [0.15, 0.2) is 0 Å². The highest BCUT2D eigenvalue weighted by molar-refractivity contribution is 5.98. The summed E-state index contributed by atoms with van der Waals surface area (Å²) >= 11 is 0. The highest BCUT2D eigenvalue weighted by Crippen LogP contribution is 2.25. The van der Waals surface area contributed by atoms with Gasteiger partial charge in [-0.15, -0.1) is 0 Å². The predicted octanol–water partition coefficient (Wildman–Crippen LogP) is 1.17. The molecule has 112 valence electrons. The SMILES string of the molecule is CCn1nc(C)c(N)c1C(=O)N1CCCCC1CCO. The number of amides is 1. The highest BCUT2D eigenvalue weighted by Gasteiger charge is 2.30. The highest BCUT2D eigenvalue weighted by atomic mass is 16.3. The normalized spacial score (nSPS) is 19.4. The lowest BCUT2D eigenvalue weighted by Gasteiger charge is -2.35. The van der Waals surface area contributed by atoms with Crippen molar-refractivity contribution in [3.8, 4) is 0 Å². The molecule has 1 aliphatic rings. The summed E-state index contributed by atoms with van der Waals surface area (Å²) in [6.07, 6.45) is 3.69. The van der Waals surface area contributed by atoms with E-state index >= 15 is 0 Å². The molecule has 6 nitrogen and oxygen atoms in total. The van der Waals surface area contributed by atoms with Crippen LogP contribution in [0.4, 0.5) is 5.69 Å². The van der Waals surface area contributed by atoms with E-state index in [2.05, 4.69) is 5.10 Å². The molecule has 0 radical (unpaired) electrons. The summed E-state index contributed by atoms with van der Waals surface area (Å²) in [6, 6.07) is 0.112. The number of anilines is 1. The number of aromatic nitrogens is 2. The summed E-state index contributed by atoms with van der Waals surface area (Å²) in [5.41, 5.74) is 7.70. The van der Waals surface area contributed by atoms with E-state index in [1.807, 2.05) is 18.7 Å². The van der Waals surface area contributed by atoms with E-state index < -0.39 is 0 Å². The second-order valence-electron chi connectivity index (χ2n) is 5.32. The maximum Gasteiger partial charge on any atom is 0.274 e. The van der Waals surface area contributed by atoms with Crippen LogP contribution in [0.25, 0.3) is 0 Å². The zero-order valence-electron chi connectivity index (χ0n) is 12.3. The minimum absolute atomic E-state index is 0.0527. The molecule has 1 unspecified atom stereocenters. The molecule has 2 rings (SSSR count). The Hall–Kier alpha value is -1.56. The van der Waals surface area contributed by atoms with E-state index in [9.17, 15) is 4.79 Å². The molecule has 1 amide bonds. The van der Waals surface area contributed by atoms with Crippen molar-refractivity contribution < 1.29 is 9.90 Å². The van der Waals surface area contributed by atoms with Crippen molar-refractivity contribution in [1.82, 2.24) is 14.7 Å². The molecule has 1 aromatic rings. The second-order valence-corrected chi connectivity index (χ2v) is 5.32. The molecule has 0 spiro atoms. The van der Waals surface area contributed by atoms with Crippen LogP contribution < -0.4 is 5.73 Å². The third-order valence-electron chi connectivity index (χ3n) is 4.03. The topological polar surface area (TPSA) is 84.4 Å². The van der Waals surface area contributed by atoms with Crippen LogP contribution in [0.1, 0.15) is 48.8 Å². The van der Waals surface area contributed by atoms with Crippen LogP contribution in [0.3, 0.4) is 0 Å². The number of likely N-dealkylation sites (tertiary alicyclic amines) is 1. The van der Waals surface area contributed by atoms with Crippen LogP contribution in [0.5, 0.6) is 0 Å². The Kier molecular flexibility index (Phi) is 4.65. The Bertz CT molecular complexity index is 482. The zero-order valence-corrected chi connectivity index (χ0v) is 12.3. The molecule has 6 heteroatoms. The van der Waals surface area contributed by atoms with Gasteiger partial charge in [0.05, 0.1) is 11.4 Å². The lowest BCUT2D eigenvalue weighted by Crippen LogP contribution is -2.45. The maximum atomic E-state index is 12.8. The average Bonchev–Trinajstić information content (AvgIpc) is 2.74. The second kappa shape index (κ2) is 6.26. The van der Waals surface area contributed by atoms with Crippen LogP contribution in [-0.4, -0.2) is 44.9 Å². The summed E-state index contributed by atoms with van der Waals surface area (Å²) in [5.74, 6) is -0.0527. The van der Waals surface area contributed by atoms with Gasteiger partial charge in [0.2, 0.25) is 0 Å². The van der Waals surface area contributed by atoms with E-state index in [4.69, 9.17) is 10.8 Å². The molecule has 20 heavy (non-hydrogen) atoms. The van der Waals surface area contributed by atoms with E-state index in [0.29, 0.717) is 30.0 Å². The molecule has 1 aromatic heterocycles. The van der Waals surface area contributed by atoms with Gasteiger partial charge in [0, 0.05) is 25.7 Å². The van der Waals surface area contributed by atoms with Crippen LogP contribution in [0.2, 0.25) is 0 Å². The lowest BCUT2D eigenvalue weighted by molar-refractivity contribution is 0.0563. The fourth-order valence-corrected chi connectivity index (χ4v) is 2.90. The molecular formula is C14H24N4O2. The summed E-state index contributed by atoms with van der Waals surface area (Å²) in [7, 11) is 0. The van der Waals surface area contributed by atoms with Gasteiger partial charge in [-0.2, -0.15) is 5.10 Å². The van der Waals surface area contributed by atoms with Gasteiger partial charge in [-0.1, -0.05) is 0 Å². The van der Waals surface area contributed by atoms with Crippen molar-refractivity contribution in [2.24, 2.45) is 0 Å². The number of carbonyl (C=O) groups is 1. The van der Waals surface area contributed by atoms with Crippen LogP contribution >= 0.6 is 0 Å². The van der Waals surface area contributed by atoms with E-state index in [1.165, 1.54) is 0 Å². The molecule has 0 saturated carbocycles. The Morgan fingerprint density at radius 3 is 2.90 bits per heavy atom. The largest absolute Gasteiger partial charge is 0.396 e. The van der Waals surface area contributed by atoms with Gasteiger partial charge in [0.25, 0.3) is 5.91 Å². The summed E-state index contributed by atoms with van der Waals surface area (Å²) < 4.78 is 1.68. The number of nitrogen functional groups attached to an aromatic ring is 1. The smallest absolute Gasteiger partial charge is 0.274 e. The number of nitrogens with zero attached hydrogens (tertiary/aromatic N) is 3. The molecule has 0 aliphatic carbocycles. The van der Waals surface area contributed by atoms with E-state index in [-0.39, 0.29) is 18.6 Å². The molecule has 0 aromatic carbocycles. The number of aliphatic hydroxyl groups excluding tert-OH is 1. The van der Waals surface area contributed by atoms with Gasteiger partial charge >= 0.3 is 0 Å². The van der Waals surface area contributed by atoms with Gasteiger partial charge in [0.1, 0.15) is 5.69 Å². The van der Waals surface area contributed by atoms with Gasteiger partial charge in [-0.05, 0) is 39.5 Å². The lowest BCUT2D eigenvalue weighted by atomic mass is 9.99. The van der Waals surface area contributed by atoms with Gasteiger partial charge < -0.3 is 15.7 Å². The van der Waals surface area contributed by atoms with Crippen molar-refractivity contribution in [1.29, 1.82) is 0 Å². The number of carbonyl (C=O) groups excluding carboxylic acids is 1. The first kappa shape index (κ1) is 14.8. The number of aryl methyl sites for hydroxylation is 2. The molecule has 1 aliphatic heterocycles. The summed E-state index contributed by atoms with van der Waals surface area (Å²) in [5, 5.41) is 13.5. The van der Waals surface area contributed by atoms with Crippen molar-refractivity contribution >= 4 is 11.6 Å². The zero-order chi connectivity index (χ0) is 14.7. The predicted molar refractivity (Wildman–Crippen MR) is 77.4 cm³/mol. The number of piperidine rings is 1. The van der Waals surface area contributed by atoms with Crippen molar-refractivity contribution in [2.45, 2.75) is 52.1 Å². The van der Waals surface area contributed by atoms with Crippen molar-refractivity contribution in [2.75, 3.05) is 18.9 Å². The Labute approximate surface area is 119 Å². The molecule has 1 fully saturated rings. The van der Waals surface area contributed by atoms with E-state index in [1.54, 1.807) is 4.68 Å². The number of hydrogen-bond donors (Lipinski definition) is 2. The number of rotatable bonds is 4. The van der Waals surface area contributed by atoms with Crippen molar-refractivity contribution in [3.63, 3.8) is 0 Å². The first-order chi connectivity index (χ1) is 9.60. The third kappa shape index (κ3) is 2.65. The Morgan fingerprint density at radius 2 is 2.25 bits per heavy atom. The average molecular weight is 280 g/mol. The first-order valence-electron chi connectivity index (χ1n) is 7.34. The number of aliphatic hydroxyl groups is 1. The molecule has 0 bridgehead atoms. The Balaban J connectivity index is 2.29. The van der Waals surface area contributed by atoms with Gasteiger partial charge in [-0.25, -0.2) is 0 Å². The third-order valence-corrected chi connectivity index (χ3v) is 4.03. The van der Waals surface area contributed by atoms with Gasteiger partial charge in [-0.3, -0.25) is 9.48 Å². The number of nitrogens with two attached hydrogens (primary N) is 1. The molecule has 1 atom stereocenters. The fraction of sp³-hybridized carbons (Fsp3) is 0.714. The number of hydrogen-bond acceptors (Lipinski definition) is 4. The van der Waals surface area contributed by atoms with Crippen LogP contribution in [0, 0.1) is 6.92 Å².